The Balaban J connectivity index is 1.54. The maximum atomic E-state index is 14.7. The number of methoxy groups -OCH3 is 1. The van der Waals surface area contributed by atoms with E-state index in [9.17, 15) is 14.4 Å². The standard InChI is InChI=1S/C35H26ClNO4/c1-20-7-9-22(10-8-20)32(38)31-30(21-11-15-25(41-2)16-12-21)35(33(39)26-5-3-4-6-27(26)34(35)40)29-18-13-23-19-24(36)14-17-28(23)37(29)31/h3-19,29-31H,1-2H3/t29?,30-,31+/m0/s1. The van der Waals surface area contributed by atoms with Crippen LogP contribution >= 0.6 is 11.6 Å². The number of hydrogen-bond acceptors (Lipinski definition) is 5. The predicted octanol–water partition coefficient (Wildman–Crippen LogP) is 6.97. The van der Waals surface area contributed by atoms with Gasteiger partial charge in [0, 0.05) is 33.3 Å². The molecule has 1 unspecified atom stereocenters. The number of Topliss-reactive ketones (excluding diaryl/α,β-unsaturated/α-hetero) is 3. The van der Waals surface area contributed by atoms with Crippen molar-refractivity contribution in [1.29, 1.82) is 0 Å². The van der Waals surface area contributed by atoms with E-state index >= 15 is 0 Å². The minimum absolute atomic E-state index is 0.152. The molecule has 4 aromatic carbocycles. The van der Waals surface area contributed by atoms with Crippen LogP contribution in [0.25, 0.3) is 6.08 Å². The largest absolute Gasteiger partial charge is 0.497 e. The van der Waals surface area contributed by atoms with E-state index in [4.69, 9.17) is 16.3 Å². The minimum atomic E-state index is -1.54. The molecular weight excluding hydrogens is 534 g/mol. The molecule has 0 N–H and O–H groups in total. The van der Waals surface area contributed by atoms with Crippen molar-refractivity contribution in [2.75, 3.05) is 12.0 Å². The van der Waals surface area contributed by atoms with Gasteiger partial charge >= 0.3 is 0 Å². The molecule has 2 aliphatic heterocycles. The molecule has 7 rings (SSSR count). The highest BCUT2D eigenvalue weighted by Gasteiger charge is 2.71. The van der Waals surface area contributed by atoms with E-state index in [1.807, 2.05) is 84.6 Å². The van der Waals surface area contributed by atoms with Gasteiger partial charge in [0.15, 0.2) is 17.3 Å². The average molecular weight is 560 g/mol. The molecule has 1 saturated heterocycles. The van der Waals surface area contributed by atoms with E-state index in [1.54, 1.807) is 37.4 Å². The number of fused-ring (bicyclic) bond motifs is 5. The van der Waals surface area contributed by atoms with Gasteiger partial charge in [0.05, 0.1) is 13.2 Å². The first-order chi connectivity index (χ1) is 19.9. The van der Waals surface area contributed by atoms with Gasteiger partial charge in [-0.15, -0.1) is 0 Å². The van der Waals surface area contributed by atoms with Crippen molar-refractivity contribution in [3.05, 3.63) is 135 Å². The number of carbonyl (C=O) groups is 3. The Morgan fingerprint density at radius 2 is 1.54 bits per heavy atom. The van der Waals surface area contributed by atoms with Gasteiger partial charge in [-0.1, -0.05) is 90.0 Å². The van der Waals surface area contributed by atoms with Crippen LogP contribution in [0.3, 0.4) is 0 Å². The Kier molecular flexibility index (Phi) is 5.77. The predicted molar refractivity (Wildman–Crippen MR) is 159 cm³/mol. The summed E-state index contributed by atoms with van der Waals surface area (Å²) in [5.41, 5.74) is 3.13. The van der Waals surface area contributed by atoms with Crippen molar-refractivity contribution in [3.63, 3.8) is 0 Å². The summed E-state index contributed by atoms with van der Waals surface area (Å²) in [7, 11) is 1.59. The molecule has 1 fully saturated rings. The Morgan fingerprint density at radius 3 is 2.17 bits per heavy atom. The number of nitrogens with zero attached hydrogens (tertiary/aromatic N) is 1. The lowest BCUT2D eigenvalue weighted by atomic mass is 9.64. The second-order valence-corrected chi connectivity index (χ2v) is 11.3. The molecule has 0 radical (unpaired) electrons. The second kappa shape index (κ2) is 9.28. The van der Waals surface area contributed by atoms with E-state index < -0.39 is 23.4 Å². The zero-order valence-electron chi connectivity index (χ0n) is 22.5. The smallest absolute Gasteiger partial charge is 0.185 e. The van der Waals surface area contributed by atoms with Crippen LogP contribution < -0.4 is 9.64 Å². The molecule has 2 heterocycles. The summed E-state index contributed by atoms with van der Waals surface area (Å²) >= 11 is 6.37. The maximum absolute atomic E-state index is 14.7. The van der Waals surface area contributed by atoms with Crippen molar-refractivity contribution in [2.45, 2.75) is 24.9 Å². The van der Waals surface area contributed by atoms with Gasteiger partial charge in [-0.3, -0.25) is 14.4 Å². The summed E-state index contributed by atoms with van der Waals surface area (Å²) in [6.07, 6.45) is 3.82. The van der Waals surface area contributed by atoms with Gasteiger partial charge in [-0.05, 0) is 48.4 Å². The Labute approximate surface area is 243 Å². The molecular formula is C35H26ClNO4. The zero-order valence-corrected chi connectivity index (χ0v) is 23.3. The summed E-state index contributed by atoms with van der Waals surface area (Å²) in [5, 5.41) is 0.564. The van der Waals surface area contributed by atoms with Gasteiger partial charge in [-0.25, -0.2) is 0 Å². The van der Waals surface area contributed by atoms with Crippen molar-refractivity contribution in [1.82, 2.24) is 0 Å². The molecule has 0 aromatic heterocycles. The summed E-state index contributed by atoms with van der Waals surface area (Å²) in [4.78, 5) is 46.0. The highest BCUT2D eigenvalue weighted by molar-refractivity contribution is 6.32. The van der Waals surface area contributed by atoms with Crippen LogP contribution in [0.5, 0.6) is 5.75 Å². The fraction of sp³-hybridized carbons (Fsp3) is 0.171. The molecule has 5 nitrogen and oxygen atoms in total. The molecule has 6 heteroatoms. The summed E-state index contributed by atoms with van der Waals surface area (Å²) in [6, 6.07) is 25.8. The lowest BCUT2D eigenvalue weighted by molar-refractivity contribution is 0.0666. The topological polar surface area (TPSA) is 63.7 Å². The number of ketones is 3. The van der Waals surface area contributed by atoms with Gasteiger partial charge in [0.2, 0.25) is 0 Å². The van der Waals surface area contributed by atoms with Crippen molar-refractivity contribution < 1.29 is 19.1 Å². The van der Waals surface area contributed by atoms with Crippen LogP contribution in [0.15, 0.2) is 97.1 Å². The number of ether oxygens (including phenoxy) is 1. The van der Waals surface area contributed by atoms with Crippen molar-refractivity contribution in [3.8, 4) is 5.75 Å². The third-order valence-electron chi connectivity index (χ3n) is 8.85. The zero-order chi connectivity index (χ0) is 28.5. The summed E-state index contributed by atoms with van der Waals surface area (Å²) < 4.78 is 5.41. The Morgan fingerprint density at radius 1 is 0.878 bits per heavy atom. The maximum Gasteiger partial charge on any atom is 0.185 e. The molecule has 3 aliphatic rings. The molecule has 1 spiro atoms. The fourth-order valence-corrected chi connectivity index (χ4v) is 7.20. The highest BCUT2D eigenvalue weighted by atomic mass is 35.5. The van der Waals surface area contributed by atoms with Crippen LogP contribution in [0, 0.1) is 12.3 Å². The van der Waals surface area contributed by atoms with Gasteiger partial charge in [0.1, 0.15) is 17.2 Å². The third kappa shape index (κ3) is 3.52. The quantitative estimate of drug-likeness (QED) is 0.199. The first-order valence-electron chi connectivity index (χ1n) is 13.6. The number of benzene rings is 4. The van der Waals surface area contributed by atoms with Gasteiger partial charge in [0.25, 0.3) is 0 Å². The summed E-state index contributed by atoms with van der Waals surface area (Å²) in [6.45, 7) is 1.97. The van der Waals surface area contributed by atoms with Crippen molar-refractivity contribution in [2.24, 2.45) is 5.41 Å². The number of aryl methyl sites for hydroxylation is 1. The number of hydrogen-bond donors (Lipinski definition) is 0. The number of rotatable bonds is 4. The first kappa shape index (κ1) is 25.5. The molecule has 41 heavy (non-hydrogen) atoms. The van der Waals surface area contributed by atoms with Gasteiger partial charge < -0.3 is 9.64 Å². The fourth-order valence-electron chi connectivity index (χ4n) is 7.02. The first-order valence-corrected chi connectivity index (χ1v) is 13.9. The SMILES string of the molecule is COc1ccc([C@H]2[C@H](C(=O)c3ccc(C)cc3)N3c4ccc(Cl)cc4C=CC3C23C(=O)c2ccccc2C3=O)cc1. The lowest BCUT2D eigenvalue weighted by Crippen LogP contribution is -2.48. The van der Waals surface area contributed by atoms with Crippen LogP contribution in [0.2, 0.25) is 5.02 Å². The second-order valence-electron chi connectivity index (χ2n) is 10.9. The number of anilines is 1. The number of carbonyl (C=O) groups excluding carboxylic acids is 3. The van der Waals surface area contributed by atoms with Crippen LogP contribution in [0.1, 0.15) is 53.7 Å². The van der Waals surface area contributed by atoms with Crippen molar-refractivity contribution >= 4 is 40.7 Å². The van der Waals surface area contributed by atoms with Crippen LogP contribution in [0.4, 0.5) is 5.69 Å². The molecule has 0 amide bonds. The molecule has 0 bridgehead atoms. The van der Waals surface area contributed by atoms with E-state index in [1.165, 1.54) is 0 Å². The third-order valence-corrected chi connectivity index (χ3v) is 9.08. The monoisotopic (exact) mass is 559 g/mol. The summed E-state index contributed by atoms with van der Waals surface area (Å²) in [5.74, 6) is -0.788. The van der Waals surface area contributed by atoms with E-state index in [-0.39, 0.29) is 17.3 Å². The molecule has 0 saturated carbocycles. The molecule has 202 valence electrons. The Bertz CT molecular complexity index is 1740. The van der Waals surface area contributed by atoms with E-state index in [0.717, 1.165) is 22.4 Å². The minimum Gasteiger partial charge on any atom is -0.497 e. The van der Waals surface area contributed by atoms with Crippen LogP contribution in [-0.4, -0.2) is 36.5 Å². The van der Waals surface area contributed by atoms with E-state index in [2.05, 4.69) is 0 Å². The molecule has 4 aromatic rings. The molecule has 3 atom stereocenters. The average Bonchev–Trinajstić information content (AvgIpc) is 3.43. The number of halogens is 1. The van der Waals surface area contributed by atoms with Gasteiger partial charge in [-0.2, -0.15) is 0 Å². The lowest BCUT2D eigenvalue weighted by Gasteiger charge is -2.37. The normalized spacial score (nSPS) is 21.5. The highest BCUT2D eigenvalue weighted by Crippen LogP contribution is 2.61. The molecule has 1 aliphatic carbocycles. The van der Waals surface area contributed by atoms with Crippen LogP contribution in [-0.2, 0) is 0 Å². The van der Waals surface area contributed by atoms with E-state index in [0.29, 0.717) is 27.5 Å². The Hall–Kier alpha value is -4.48.